The van der Waals surface area contributed by atoms with Crippen LogP contribution < -0.4 is 4.74 Å². The van der Waals surface area contributed by atoms with Crippen LogP contribution in [-0.2, 0) is 5.21 Å². The number of nitrogens with zero attached hydrogens (tertiary/aromatic N) is 3. The second-order valence-electron chi connectivity index (χ2n) is 6.31. The summed E-state index contributed by atoms with van der Waals surface area (Å²) in [7, 11) is 5.42. The van der Waals surface area contributed by atoms with Gasteiger partial charge in [0.05, 0.1) is 24.3 Å². The molecule has 0 saturated carbocycles. The first-order valence-corrected chi connectivity index (χ1v) is 7.83. The second-order valence-corrected chi connectivity index (χ2v) is 6.31. The van der Waals surface area contributed by atoms with Crippen LogP contribution in [0.1, 0.15) is 11.3 Å². The number of H-pyrrole nitrogens is 1. The van der Waals surface area contributed by atoms with Crippen LogP contribution in [-0.4, -0.2) is 42.9 Å². The van der Waals surface area contributed by atoms with Gasteiger partial charge in [0.25, 0.3) is 5.69 Å². The summed E-state index contributed by atoms with van der Waals surface area (Å²) in [6.07, 6.45) is 3.48. The molecule has 10 heteroatoms. The average Bonchev–Trinajstić information content (AvgIpc) is 3.16. The van der Waals surface area contributed by atoms with Gasteiger partial charge in [-0.15, -0.1) is 0 Å². The molecule has 0 aliphatic heterocycles. The molecule has 1 N–H and O–H groups in total. The maximum Gasteiger partial charge on any atom is 0.273 e. The maximum absolute atomic E-state index is 13.9. The van der Waals surface area contributed by atoms with Gasteiger partial charge >= 0.3 is 0 Å². The molecule has 130 valence electrons. The number of nitro benzene ring substituents is 1. The number of hydrogen-bond acceptors (Lipinski definition) is 5. The number of aromatic amines is 1. The normalized spacial score (nSPS) is 11.3. The number of methoxy groups -OCH3 is 1. The van der Waals surface area contributed by atoms with Gasteiger partial charge in [-0.3, -0.25) is 15.2 Å². The number of rotatable bonds is 5. The van der Waals surface area contributed by atoms with Crippen LogP contribution in [0.5, 0.6) is 5.75 Å². The van der Waals surface area contributed by atoms with E-state index in [2.05, 4.69) is 15.2 Å². The topological polar surface area (TPSA) is 93.9 Å². The van der Waals surface area contributed by atoms with E-state index < -0.39 is 16.0 Å². The first-order chi connectivity index (χ1) is 12.3. The molecule has 0 saturated heterocycles. The highest BCUT2D eigenvalue weighted by atomic mass is 19.1. The highest BCUT2D eigenvalue weighted by Gasteiger charge is 2.27. The van der Waals surface area contributed by atoms with Gasteiger partial charge in [-0.05, 0) is 29.0 Å². The Morgan fingerprint density at radius 3 is 2.69 bits per heavy atom. The van der Waals surface area contributed by atoms with E-state index >= 15 is 0 Å². The molecular weight excluding hydrogens is 337 g/mol. The number of benzene rings is 1. The minimum atomic E-state index is -0.711. The predicted octanol–water partition coefficient (Wildman–Crippen LogP) is 0.995. The van der Waals surface area contributed by atoms with Crippen molar-refractivity contribution in [3.63, 3.8) is 0 Å². The molecule has 2 heterocycles. The molecule has 0 unspecified atom stereocenters. The Balaban J connectivity index is 2.17. The van der Waals surface area contributed by atoms with Crippen molar-refractivity contribution in [2.45, 2.75) is 5.21 Å². The lowest BCUT2D eigenvalue weighted by Gasteiger charge is -2.24. The van der Waals surface area contributed by atoms with Crippen LogP contribution >= 0.6 is 0 Å². The van der Waals surface area contributed by atoms with E-state index in [0.717, 1.165) is 11.6 Å². The summed E-state index contributed by atoms with van der Waals surface area (Å²) in [5.41, 5.74) is 1.89. The fourth-order valence-electron chi connectivity index (χ4n) is 2.72. The van der Waals surface area contributed by atoms with E-state index in [1.165, 1.54) is 19.2 Å². The third-order valence-corrected chi connectivity index (χ3v) is 4.31. The first kappa shape index (κ1) is 17.7. The third kappa shape index (κ3) is 3.17. The number of ether oxygens (including phenoxy) is 1. The number of hydrogen-bond donors (Lipinski definition) is 1. The molecule has 0 spiro atoms. The van der Waals surface area contributed by atoms with Crippen LogP contribution in [0, 0.1) is 15.9 Å². The van der Waals surface area contributed by atoms with Gasteiger partial charge in [0.1, 0.15) is 33.0 Å². The SMILES string of the molecule is BC(B)(c1cn[nH]c1)c1ccc(OC)c(-c2cc(F)cc([N+](=O)[O-])c2)n1. The largest absolute Gasteiger partial charge is 0.494 e. The monoisotopic (exact) mass is 352 g/mol. The quantitative estimate of drug-likeness (QED) is 0.420. The summed E-state index contributed by atoms with van der Waals surface area (Å²) in [4.78, 5) is 15.0. The van der Waals surface area contributed by atoms with E-state index in [-0.39, 0.29) is 11.3 Å². The Labute approximate surface area is 150 Å². The Bertz CT molecular complexity index is 964. The molecule has 0 bridgehead atoms. The summed E-state index contributed by atoms with van der Waals surface area (Å²) >= 11 is 0. The van der Waals surface area contributed by atoms with Crippen LogP contribution in [0.2, 0.25) is 0 Å². The van der Waals surface area contributed by atoms with Crippen molar-refractivity contribution in [1.29, 1.82) is 0 Å². The van der Waals surface area contributed by atoms with Crippen molar-refractivity contribution in [2.24, 2.45) is 0 Å². The van der Waals surface area contributed by atoms with Crippen molar-refractivity contribution in [3.05, 3.63) is 69.9 Å². The molecule has 0 radical (unpaired) electrons. The second kappa shape index (κ2) is 6.62. The summed E-state index contributed by atoms with van der Waals surface area (Å²) in [6, 6.07) is 6.88. The lowest BCUT2D eigenvalue weighted by atomic mass is 9.50. The molecule has 0 aliphatic rings. The average molecular weight is 352 g/mol. The molecule has 1 aromatic carbocycles. The molecule has 2 aromatic heterocycles. The Kier molecular flexibility index (Phi) is 4.50. The predicted molar refractivity (Wildman–Crippen MR) is 99.3 cm³/mol. The van der Waals surface area contributed by atoms with Crippen molar-refractivity contribution < 1.29 is 14.1 Å². The van der Waals surface area contributed by atoms with E-state index in [1.54, 1.807) is 18.5 Å². The Morgan fingerprint density at radius 2 is 2.08 bits per heavy atom. The minimum Gasteiger partial charge on any atom is -0.494 e. The Hall–Kier alpha value is -3.16. The fraction of sp³-hybridized carbons (Fsp3) is 0.125. The maximum atomic E-state index is 13.9. The van der Waals surface area contributed by atoms with E-state index in [9.17, 15) is 14.5 Å². The van der Waals surface area contributed by atoms with Crippen molar-refractivity contribution >= 4 is 21.4 Å². The summed E-state index contributed by atoms with van der Waals surface area (Å²) < 4.78 is 19.2. The van der Waals surface area contributed by atoms with Crippen LogP contribution in [0.15, 0.2) is 42.7 Å². The molecule has 7 nitrogen and oxygen atoms in total. The van der Waals surface area contributed by atoms with Gasteiger partial charge in [-0.1, -0.05) is 0 Å². The molecular formula is C16H15B2FN4O3. The number of non-ortho nitro benzene ring substituents is 1. The highest BCUT2D eigenvalue weighted by Crippen LogP contribution is 2.34. The van der Waals surface area contributed by atoms with Crippen molar-refractivity contribution in [2.75, 3.05) is 7.11 Å². The van der Waals surface area contributed by atoms with Crippen molar-refractivity contribution in [3.8, 4) is 17.0 Å². The number of pyridine rings is 1. The third-order valence-electron chi connectivity index (χ3n) is 4.31. The summed E-state index contributed by atoms with van der Waals surface area (Å²) in [5.74, 6) is -0.311. The molecule has 0 fully saturated rings. The summed E-state index contributed by atoms with van der Waals surface area (Å²) in [5, 5.41) is 17.3. The Morgan fingerprint density at radius 1 is 1.31 bits per heavy atom. The zero-order valence-electron chi connectivity index (χ0n) is 14.5. The van der Waals surface area contributed by atoms with Gasteiger partial charge in [-0.25, -0.2) is 9.37 Å². The fourth-order valence-corrected chi connectivity index (χ4v) is 2.72. The van der Waals surface area contributed by atoms with E-state index in [4.69, 9.17) is 4.74 Å². The van der Waals surface area contributed by atoms with Crippen LogP contribution in [0.25, 0.3) is 11.3 Å². The molecule has 26 heavy (non-hydrogen) atoms. The number of halogens is 1. The van der Waals surface area contributed by atoms with Gasteiger partial charge < -0.3 is 4.74 Å². The standard InChI is InChI=1S/C16H15B2FN4O3/c1-26-13-2-3-14(16(17,18)10-7-20-21-8-10)22-15(13)9-4-11(19)6-12(5-9)23(24)25/h2-8H,17-18H2,1H3,(H,20,21). The minimum absolute atomic E-state index is 0.276. The zero-order valence-corrected chi connectivity index (χ0v) is 14.5. The van der Waals surface area contributed by atoms with Gasteiger partial charge in [0.15, 0.2) is 0 Å². The highest BCUT2D eigenvalue weighted by molar-refractivity contribution is 6.42. The molecule has 3 aromatic rings. The first-order valence-electron chi connectivity index (χ1n) is 7.83. The molecule has 0 aliphatic carbocycles. The smallest absolute Gasteiger partial charge is 0.273 e. The number of nitrogens with one attached hydrogen (secondary N) is 1. The lowest BCUT2D eigenvalue weighted by molar-refractivity contribution is -0.385. The molecule has 0 atom stereocenters. The molecule has 0 amide bonds. The van der Waals surface area contributed by atoms with Crippen LogP contribution in [0.4, 0.5) is 10.1 Å². The van der Waals surface area contributed by atoms with Crippen molar-refractivity contribution in [1.82, 2.24) is 15.2 Å². The van der Waals surface area contributed by atoms with E-state index in [0.29, 0.717) is 17.1 Å². The number of nitro groups is 1. The van der Waals surface area contributed by atoms with Gasteiger partial charge in [0.2, 0.25) is 0 Å². The van der Waals surface area contributed by atoms with E-state index in [1.807, 2.05) is 21.8 Å². The zero-order chi connectivity index (χ0) is 18.9. The van der Waals surface area contributed by atoms with Gasteiger partial charge in [-0.2, -0.15) is 5.10 Å². The molecule has 3 rings (SSSR count). The number of aromatic nitrogens is 3. The lowest BCUT2D eigenvalue weighted by Crippen LogP contribution is -2.29. The summed E-state index contributed by atoms with van der Waals surface area (Å²) in [6.45, 7) is 0. The van der Waals surface area contributed by atoms with Crippen LogP contribution in [0.3, 0.4) is 0 Å². The van der Waals surface area contributed by atoms with Gasteiger partial charge in [0, 0.05) is 23.5 Å².